The van der Waals surface area contributed by atoms with Crippen LogP contribution in [0, 0.1) is 18.3 Å². The first-order valence-electron chi connectivity index (χ1n) is 19.3. The monoisotopic (exact) mass is 787 g/mol. The molecule has 3 N–H and O–H groups in total. The average molecular weight is 788 g/mol. The summed E-state index contributed by atoms with van der Waals surface area (Å²) < 4.78 is 9.71. The standard InChI is InChI=1S/C29H23N3S.C21H14N2OS/c1-18-14-16-21(17-15-18)28-30-27(20-9-4-3-5-10-20)31-29(32-28)22-11-7-13-24-26(22)25-19(2)8-6-12-23(25)33-24;22-18-14-7-2-4-11-17(14)25-21(18)19(23)15-9-5-8-13-12-6-1-3-10-16(12)24-20(13)15/h3-14,16-18H,15H2,1-2H3;1-11,23H,22H2. The molecule has 280 valence electrons. The van der Waals surface area contributed by atoms with Crippen molar-refractivity contribution in [2.24, 2.45) is 5.92 Å². The fourth-order valence-corrected chi connectivity index (χ4v) is 10.1. The number of aromatic nitrogens is 3. The third-order valence-electron chi connectivity index (χ3n) is 10.7. The van der Waals surface area contributed by atoms with Gasteiger partial charge in [0.1, 0.15) is 11.2 Å². The molecule has 10 aromatic rings. The fourth-order valence-electron chi connectivity index (χ4n) is 7.78. The third kappa shape index (κ3) is 6.27. The quantitative estimate of drug-likeness (QED) is 0.169. The van der Waals surface area contributed by atoms with E-state index in [2.05, 4.69) is 80.6 Å². The van der Waals surface area contributed by atoms with Gasteiger partial charge in [-0.2, -0.15) is 0 Å². The number of benzene rings is 6. The summed E-state index contributed by atoms with van der Waals surface area (Å²) in [6.45, 7) is 4.40. The number of nitrogens with one attached hydrogen (secondary N) is 1. The van der Waals surface area contributed by atoms with Crippen LogP contribution in [0.2, 0.25) is 0 Å². The van der Waals surface area contributed by atoms with Crippen LogP contribution in [0.25, 0.3) is 80.5 Å². The third-order valence-corrected chi connectivity index (χ3v) is 13.1. The van der Waals surface area contributed by atoms with Gasteiger partial charge in [-0.1, -0.05) is 128 Å². The van der Waals surface area contributed by atoms with Crippen molar-refractivity contribution in [2.45, 2.75) is 20.3 Å². The Morgan fingerprint density at radius 1 is 0.672 bits per heavy atom. The van der Waals surface area contributed by atoms with Gasteiger partial charge in [-0.3, -0.25) is 5.41 Å². The lowest BCUT2D eigenvalue weighted by Crippen LogP contribution is -2.04. The molecule has 1 aliphatic rings. The van der Waals surface area contributed by atoms with E-state index < -0.39 is 0 Å². The topological polar surface area (TPSA) is 102 Å². The zero-order chi connectivity index (χ0) is 39.3. The molecule has 0 fully saturated rings. The van der Waals surface area contributed by atoms with E-state index in [9.17, 15) is 0 Å². The summed E-state index contributed by atoms with van der Waals surface area (Å²) in [5.74, 6) is 2.70. The van der Waals surface area contributed by atoms with Gasteiger partial charge in [-0.15, -0.1) is 22.7 Å². The van der Waals surface area contributed by atoms with Gasteiger partial charge in [0, 0.05) is 63.3 Å². The van der Waals surface area contributed by atoms with E-state index in [0.29, 0.717) is 23.1 Å². The van der Waals surface area contributed by atoms with Gasteiger partial charge in [-0.25, -0.2) is 15.0 Å². The second-order valence-corrected chi connectivity index (χ2v) is 16.8. The lowest BCUT2D eigenvalue weighted by molar-refractivity contribution is 0.668. The molecular weight excluding hydrogens is 751 g/mol. The minimum atomic E-state index is 0.406. The van der Waals surface area contributed by atoms with Crippen molar-refractivity contribution in [3.63, 3.8) is 0 Å². The molecule has 4 heterocycles. The van der Waals surface area contributed by atoms with Crippen LogP contribution in [-0.2, 0) is 0 Å². The van der Waals surface area contributed by atoms with Crippen molar-refractivity contribution in [1.82, 2.24) is 15.0 Å². The van der Waals surface area contributed by atoms with Gasteiger partial charge in [0.25, 0.3) is 0 Å². The summed E-state index contributed by atoms with van der Waals surface area (Å²) in [6.07, 6.45) is 7.62. The largest absolute Gasteiger partial charge is 0.455 e. The van der Waals surface area contributed by atoms with Crippen molar-refractivity contribution >= 4 is 91.8 Å². The van der Waals surface area contributed by atoms with Crippen LogP contribution in [0.5, 0.6) is 0 Å². The van der Waals surface area contributed by atoms with Crippen molar-refractivity contribution in [3.05, 3.63) is 174 Å². The maximum atomic E-state index is 8.77. The van der Waals surface area contributed by atoms with Crippen molar-refractivity contribution in [1.29, 1.82) is 5.41 Å². The Balaban J connectivity index is 0.000000146. The van der Waals surface area contributed by atoms with E-state index in [1.165, 1.54) is 25.7 Å². The number of thiophene rings is 2. The molecular formula is C50H37N5OS2. The van der Waals surface area contributed by atoms with Crippen LogP contribution in [0.4, 0.5) is 5.69 Å². The molecule has 8 heteroatoms. The van der Waals surface area contributed by atoms with Crippen LogP contribution in [0.1, 0.15) is 35.2 Å². The fraction of sp³-hybridized carbons (Fsp3) is 0.0800. The first kappa shape index (κ1) is 35.7. The SMILES string of the molecule is Cc1cccc2sc3cccc(-c4nc(C5=CCC(C)C=C5)nc(-c5ccccc5)n4)c3c12.N=C(c1sc2ccccc2c1N)c1cccc2c1oc1ccccc12. The number of fused-ring (bicyclic) bond motifs is 7. The minimum Gasteiger partial charge on any atom is -0.455 e. The predicted molar refractivity (Wildman–Crippen MR) is 245 cm³/mol. The normalized spacial score (nSPS) is 14.0. The van der Waals surface area contributed by atoms with E-state index in [-0.39, 0.29) is 0 Å². The second-order valence-electron chi connectivity index (χ2n) is 14.6. The second kappa shape index (κ2) is 14.6. The van der Waals surface area contributed by atoms with E-state index in [4.69, 9.17) is 30.5 Å². The number of anilines is 1. The van der Waals surface area contributed by atoms with Gasteiger partial charge in [0.05, 0.1) is 16.3 Å². The molecule has 1 unspecified atom stereocenters. The lowest BCUT2D eigenvalue weighted by Gasteiger charge is -2.13. The molecule has 6 aromatic carbocycles. The van der Waals surface area contributed by atoms with Gasteiger partial charge in [-0.05, 0) is 55.2 Å². The van der Waals surface area contributed by atoms with Crippen LogP contribution in [0.15, 0.2) is 156 Å². The molecule has 0 bridgehead atoms. The van der Waals surface area contributed by atoms with Crippen LogP contribution in [0.3, 0.4) is 0 Å². The Kier molecular flexibility index (Phi) is 9.00. The molecule has 58 heavy (non-hydrogen) atoms. The minimum absolute atomic E-state index is 0.406. The Labute approximate surface area is 343 Å². The summed E-state index contributed by atoms with van der Waals surface area (Å²) in [4.78, 5) is 15.7. The zero-order valence-electron chi connectivity index (χ0n) is 31.9. The number of allylic oxidation sites excluding steroid dienone is 4. The van der Waals surface area contributed by atoms with Crippen LogP contribution in [-0.4, -0.2) is 20.7 Å². The first-order valence-corrected chi connectivity index (χ1v) is 20.9. The maximum Gasteiger partial charge on any atom is 0.164 e. The molecule has 1 atom stereocenters. The lowest BCUT2D eigenvalue weighted by atomic mass is 9.98. The number of hydrogen-bond acceptors (Lipinski definition) is 8. The number of para-hydroxylation sites is 2. The number of nitrogens with two attached hydrogens (primary N) is 1. The smallest absolute Gasteiger partial charge is 0.164 e. The highest BCUT2D eigenvalue weighted by atomic mass is 32.1. The van der Waals surface area contributed by atoms with E-state index in [0.717, 1.165) is 77.2 Å². The number of hydrogen-bond donors (Lipinski definition) is 2. The molecule has 0 radical (unpaired) electrons. The molecule has 0 spiro atoms. The number of nitrogens with zero attached hydrogens (tertiary/aromatic N) is 3. The van der Waals surface area contributed by atoms with Crippen molar-refractivity contribution < 1.29 is 4.42 Å². The van der Waals surface area contributed by atoms with Crippen molar-refractivity contribution in [2.75, 3.05) is 5.73 Å². The zero-order valence-corrected chi connectivity index (χ0v) is 33.5. The van der Waals surface area contributed by atoms with Crippen LogP contribution < -0.4 is 5.73 Å². The van der Waals surface area contributed by atoms with Crippen LogP contribution >= 0.6 is 22.7 Å². The molecule has 0 aliphatic heterocycles. The molecule has 4 aromatic heterocycles. The Hall–Kier alpha value is -6.74. The molecule has 6 nitrogen and oxygen atoms in total. The van der Waals surface area contributed by atoms with E-state index in [1.807, 2.05) is 96.3 Å². The molecule has 11 rings (SSSR count). The highest BCUT2D eigenvalue weighted by molar-refractivity contribution is 7.26. The average Bonchev–Trinajstić information content (AvgIpc) is 3.96. The summed E-state index contributed by atoms with van der Waals surface area (Å²) in [5, 5.41) is 14.4. The van der Waals surface area contributed by atoms with Gasteiger partial charge in [0.15, 0.2) is 17.5 Å². The molecule has 0 saturated heterocycles. The van der Waals surface area contributed by atoms with Gasteiger partial charge >= 0.3 is 0 Å². The summed E-state index contributed by atoms with van der Waals surface area (Å²) >= 11 is 3.38. The van der Waals surface area contributed by atoms with Crippen molar-refractivity contribution in [3.8, 4) is 22.8 Å². The first-order chi connectivity index (χ1) is 28.4. The molecule has 0 saturated carbocycles. The Morgan fingerprint density at radius 2 is 1.34 bits per heavy atom. The predicted octanol–water partition coefficient (Wildman–Crippen LogP) is 13.7. The van der Waals surface area contributed by atoms with Gasteiger partial charge < -0.3 is 10.2 Å². The molecule has 0 amide bonds. The Morgan fingerprint density at radius 3 is 2.16 bits per heavy atom. The maximum absolute atomic E-state index is 8.77. The number of aryl methyl sites for hydroxylation is 1. The Bertz CT molecular complexity index is 3280. The van der Waals surface area contributed by atoms with E-state index >= 15 is 0 Å². The number of rotatable bonds is 5. The molecule has 1 aliphatic carbocycles. The summed E-state index contributed by atoms with van der Waals surface area (Å²) in [7, 11) is 0. The number of nitrogen functional groups attached to an aromatic ring is 1. The summed E-state index contributed by atoms with van der Waals surface area (Å²) in [6, 6.07) is 45.0. The highest BCUT2D eigenvalue weighted by Gasteiger charge is 2.21. The van der Waals surface area contributed by atoms with E-state index in [1.54, 1.807) is 11.3 Å². The summed E-state index contributed by atoms with van der Waals surface area (Å²) in [5.41, 5.74) is 14.1. The number of furan rings is 1. The highest BCUT2D eigenvalue weighted by Crippen LogP contribution is 2.41. The van der Waals surface area contributed by atoms with Gasteiger partial charge in [0.2, 0.25) is 0 Å².